The molecule has 24 heavy (non-hydrogen) atoms. The normalized spacial score (nSPS) is 10.8. The van der Waals surface area contributed by atoms with Gasteiger partial charge in [0.1, 0.15) is 5.82 Å². The van der Waals surface area contributed by atoms with E-state index >= 15 is 0 Å². The van der Waals surface area contributed by atoms with Crippen molar-refractivity contribution in [3.63, 3.8) is 0 Å². The highest BCUT2D eigenvalue weighted by Crippen LogP contribution is 2.25. The third kappa shape index (κ3) is 2.98. The second-order valence-corrected chi connectivity index (χ2v) is 5.25. The van der Waals surface area contributed by atoms with Crippen molar-refractivity contribution in [1.29, 1.82) is 0 Å². The molecule has 124 valence electrons. The summed E-state index contributed by atoms with van der Waals surface area (Å²) in [6.07, 6.45) is 1.69. The fourth-order valence-electron chi connectivity index (χ4n) is 2.44. The van der Waals surface area contributed by atoms with Crippen LogP contribution >= 0.6 is 0 Å². The van der Waals surface area contributed by atoms with Crippen LogP contribution in [-0.2, 0) is 6.54 Å². The SMILES string of the molecule is Cc1c(CNc2cccc(N([O-])O)c2)cnc2nc(N)nc(N)c12. The third-order valence-corrected chi connectivity index (χ3v) is 3.68. The summed E-state index contributed by atoms with van der Waals surface area (Å²) in [4.78, 5) is 12.3. The van der Waals surface area contributed by atoms with Gasteiger partial charge >= 0.3 is 0 Å². The summed E-state index contributed by atoms with van der Waals surface area (Å²) in [5.74, 6) is 0.370. The number of nitrogens with two attached hydrogens (primary N) is 2. The van der Waals surface area contributed by atoms with Gasteiger partial charge in [-0.1, -0.05) is 6.07 Å². The second-order valence-electron chi connectivity index (χ2n) is 5.25. The Bertz CT molecular complexity index is 898. The van der Waals surface area contributed by atoms with E-state index in [2.05, 4.69) is 20.3 Å². The molecule has 0 radical (unpaired) electrons. The molecule has 0 saturated carbocycles. The monoisotopic (exact) mass is 326 g/mol. The molecule has 0 bridgehead atoms. The lowest BCUT2D eigenvalue weighted by Crippen LogP contribution is -2.09. The average Bonchev–Trinajstić information content (AvgIpc) is 2.54. The van der Waals surface area contributed by atoms with Crippen LogP contribution in [0.5, 0.6) is 0 Å². The van der Waals surface area contributed by atoms with E-state index in [1.54, 1.807) is 18.3 Å². The summed E-state index contributed by atoms with van der Waals surface area (Å²) < 4.78 is 0. The van der Waals surface area contributed by atoms with Crippen molar-refractivity contribution < 1.29 is 5.21 Å². The van der Waals surface area contributed by atoms with Gasteiger partial charge in [0.15, 0.2) is 5.65 Å². The van der Waals surface area contributed by atoms with Gasteiger partial charge in [-0.25, -0.2) is 4.98 Å². The van der Waals surface area contributed by atoms with E-state index < -0.39 is 0 Å². The number of hydrogen-bond acceptors (Lipinski definition) is 9. The molecule has 0 aliphatic heterocycles. The summed E-state index contributed by atoms with van der Waals surface area (Å²) in [6.45, 7) is 2.35. The maximum Gasteiger partial charge on any atom is 0.224 e. The van der Waals surface area contributed by atoms with Crippen LogP contribution in [0.1, 0.15) is 11.1 Å². The molecule has 2 heterocycles. The Hall–Kier alpha value is -3.17. The number of benzene rings is 1. The molecular formula is C15H16N7O2-. The van der Waals surface area contributed by atoms with Gasteiger partial charge in [0.2, 0.25) is 5.95 Å². The summed E-state index contributed by atoms with van der Waals surface area (Å²) in [5.41, 5.74) is 14.6. The highest BCUT2D eigenvalue weighted by atomic mass is 16.8. The number of fused-ring (bicyclic) bond motifs is 1. The van der Waals surface area contributed by atoms with Gasteiger partial charge in [-0.15, -0.1) is 0 Å². The van der Waals surface area contributed by atoms with Crippen LogP contribution in [-0.4, -0.2) is 20.2 Å². The number of hydrogen-bond donors (Lipinski definition) is 4. The predicted octanol–water partition coefficient (Wildman–Crippen LogP) is 1.80. The first-order chi connectivity index (χ1) is 11.5. The quantitative estimate of drug-likeness (QED) is 0.526. The summed E-state index contributed by atoms with van der Waals surface area (Å²) >= 11 is 0. The van der Waals surface area contributed by atoms with Crippen molar-refractivity contribution in [3.05, 3.63) is 46.8 Å². The Morgan fingerprint density at radius 1 is 1.29 bits per heavy atom. The minimum absolute atomic E-state index is 0.0840. The molecular weight excluding hydrogens is 310 g/mol. The molecule has 0 saturated heterocycles. The topological polar surface area (TPSA) is 149 Å². The lowest BCUT2D eigenvalue weighted by atomic mass is 10.1. The number of rotatable bonds is 4. The molecule has 0 unspecified atom stereocenters. The van der Waals surface area contributed by atoms with Crippen LogP contribution in [0.4, 0.5) is 23.1 Å². The molecule has 3 aromatic rings. The fraction of sp³-hybridized carbons (Fsp3) is 0.133. The number of anilines is 4. The number of aryl methyl sites for hydroxylation is 1. The largest absolute Gasteiger partial charge is 0.733 e. The zero-order valence-electron chi connectivity index (χ0n) is 12.9. The summed E-state index contributed by atoms with van der Waals surface area (Å²) in [6, 6.07) is 6.49. The summed E-state index contributed by atoms with van der Waals surface area (Å²) in [7, 11) is 0. The van der Waals surface area contributed by atoms with Gasteiger partial charge in [0.05, 0.1) is 11.1 Å². The molecule has 0 atom stereocenters. The first kappa shape index (κ1) is 15.7. The number of aromatic nitrogens is 3. The first-order valence-corrected chi connectivity index (χ1v) is 7.13. The lowest BCUT2D eigenvalue weighted by molar-refractivity contribution is 0.296. The second kappa shape index (κ2) is 6.14. The highest BCUT2D eigenvalue weighted by molar-refractivity contribution is 5.90. The van der Waals surface area contributed by atoms with E-state index in [1.165, 1.54) is 12.1 Å². The van der Waals surface area contributed by atoms with Crippen LogP contribution in [0.3, 0.4) is 0 Å². The molecule has 9 heteroatoms. The van der Waals surface area contributed by atoms with Crippen molar-refractivity contribution in [3.8, 4) is 0 Å². The number of nitrogen functional groups attached to an aromatic ring is 2. The highest BCUT2D eigenvalue weighted by Gasteiger charge is 2.11. The minimum Gasteiger partial charge on any atom is -0.733 e. The van der Waals surface area contributed by atoms with E-state index in [0.717, 1.165) is 11.1 Å². The molecule has 9 nitrogen and oxygen atoms in total. The fourth-order valence-corrected chi connectivity index (χ4v) is 2.44. The van der Waals surface area contributed by atoms with Crippen molar-refractivity contribution in [2.45, 2.75) is 13.5 Å². The summed E-state index contributed by atoms with van der Waals surface area (Å²) in [5, 5.41) is 23.5. The number of pyridine rings is 1. The minimum atomic E-state index is -0.184. The van der Waals surface area contributed by atoms with E-state index in [9.17, 15) is 5.21 Å². The Morgan fingerprint density at radius 3 is 2.83 bits per heavy atom. The molecule has 0 aliphatic rings. The van der Waals surface area contributed by atoms with Crippen LogP contribution in [0.2, 0.25) is 0 Å². The predicted molar refractivity (Wildman–Crippen MR) is 92.3 cm³/mol. The smallest absolute Gasteiger partial charge is 0.224 e. The van der Waals surface area contributed by atoms with E-state index in [1.807, 2.05) is 6.92 Å². The van der Waals surface area contributed by atoms with Crippen molar-refractivity contribution in [2.75, 3.05) is 22.0 Å². The zero-order chi connectivity index (χ0) is 17.3. The first-order valence-electron chi connectivity index (χ1n) is 7.13. The Labute approximate surface area is 137 Å². The molecule has 0 aliphatic carbocycles. The van der Waals surface area contributed by atoms with Gasteiger partial charge in [-0.05, 0) is 36.2 Å². The van der Waals surface area contributed by atoms with Gasteiger partial charge in [0, 0.05) is 18.4 Å². The maximum atomic E-state index is 10.9. The maximum absolute atomic E-state index is 10.9. The molecule has 1 aromatic carbocycles. The molecule has 3 rings (SSSR count). The Kier molecular flexibility index (Phi) is 4.02. The van der Waals surface area contributed by atoms with E-state index in [-0.39, 0.29) is 22.7 Å². The Morgan fingerprint density at radius 2 is 2.08 bits per heavy atom. The third-order valence-electron chi connectivity index (χ3n) is 3.68. The van der Waals surface area contributed by atoms with E-state index in [4.69, 9.17) is 16.7 Å². The molecule has 2 aromatic heterocycles. The van der Waals surface area contributed by atoms with Crippen molar-refractivity contribution in [1.82, 2.24) is 15.0 Å². The van der Waals surface area contributed by atoms with Gasteiger partial charge in [0.25, 0.3) is 0 Å². The van der Waals surface area contributed by atoms with Crippen molar-refractivity contribution >= 4 is 34.2 Å². The average molecular weight is 326 g/mol. The van der Waals surface area contributed by atoms with Crippen LogP contribution in [0.25, 0.3) is 11.0 Å². The zero-order valence-corrected chi connectivity index (χ0v) is 12.9. The molecule has 0 spiro atoms. The van der Waals surface area contributed by atoms with Crippen LogP contribution in [0, 0.1) is 12.1 Å². The van der Waals surface area contributed by atoms with Crippen LogP contribution in [0.15, 0.2) is 30.5 Å². The number of nitrogens with one attached hydrogen (secondary N) is 1. The molecule has 0 fully saturated rings. The van der Waals surface area contributed by atoms with E-state index in [0.29, 0.717) is 23.3 Å². The lowest BCUT2D eigenvalue weighted by Gasteiger charge is -2.22. The van der Waals surface area contributed by atoms with Gasteiger partial charge in [-0.2, -0.15) is 9.97 Å². The number of nitrogens with zero attached hydrogens (tertiary/aromatic N) is 4. The standard InChI is InChI=1S/C15H16N7O2/c1-8-9(6-18-10-3-2-4-11(5-10)22(23)24)7-19-14-12(8)13(16)20-15(17)21-14/h2-5,7,18,23H,6H2,1H3,(H4,16,17,19,20,21)/q-1. The van der Waals surface area contributed by atoms with Gasteiger partial charge in [-0.3, -0.25) is 5.21 Å². The van der Waals surface area contributed by atoms with Crippen LogP contribution < -0.4 is 22.0 Å². The Balaban J connectivity index is 1.88. The molecule has 6 N–H and O–H groups in total. The molecule has 0 amide bonds. The van der Waals surface area contributed by atoms with Crippen molar-refractivity contribution in [2.24, 2.45) is 0 Å². The van der Waals surface area contributed by atoms with Gasteiger partial charge < -0.3 is 27.2 Å².